The smallest absolute Gasteiger partial charge is 0.119 e. The number of para-hydroxylation sites is 1. The first-order chi connectivity index (χ1) is 15.4. The first kappa shape index (κ1) is 28.7. The van der Waals surface area contributed by atoms with Gasteiger partial charge < -0.3 is 14.6 Å². The molecular weight excluding hydrogens is 396 g/mol. The zero-order chi connectivity index (χ0) is 23.6. The van der Waals surface area contributed by atoms with E-state index in [0.717, 1.165) is 29.9 Å². The van der Waals surface area contributed by atoms with E-state index in [1.54, 1.807) is 0 Å². The largest absolute Gasteiger partial charge is 0.491 e. The van der Waals surface area contributed by atoms with Crippen molar-refractivity contribution in [1.29, 1.82) is 0 Å². The van der Waals surface area contributed by atoms with Crippen LogP contribution in [0.5, 0.6) is 5.75 Å². The monoisotopic (exact) mass is 446 g/mol. The Labute approximate surface area is 198 Å². The van der Waals surface area contributed by atoms with Crippen molar-refractivity contribution in [2.45, 2.75) is 98.5 Å². The van der Waals surface area contributed by atoms with Crippen molar-refractivity contribution in [3.8, 4) is 5.75 Å². The fourth-order valence-corrected chi connectivity index (χ4v) is 3.97. The summed E-state index contributed by atoms with van der Waals surface area (Å²) in [5, 5.41) is 9.98. The van der Waals surface area contributed by atoms with Crippen molar-refractivity contribution < 1.29 is 14.6 Å². The Balaban J connectivity index is 2.01. The normalized spacial score (nSPS) is 15.0. The number of ether oxygens (including phenoxy) is 2. The number of allylic oxidation sites excluding steroid dienone is 1. The highest BCUT2D eigenvalue weighted by Crippen LogP contribution is 2.22. The number of rotatable bonds is 19. The van der Waals surface area contributed by atoms with E-state index in [4.69, 9.17) is 9.47 Å². The first-order valence-electron chi connectivity index (χ1n) is 13.0. The number of aliphatic hydroxyl groups is 1. The van der Waals surface area contributed by atoms with Crippen LogP contribution in [0.25, 0.3) is 0 Å². The fourth-order valence-electron chi connectivity index (χ4n) is 3.97. The summed E-state index contributed by atoms with van der Waals surface area (Å²) < 4.78 is 11.1. The molecule has 0 saturated heterocycles. The van der Waals surface area contributed by atoms with E-state index >= 15 is 0 Å². The van der Waals surface area contributed by atoms with Gasteiger partial charge in [0, 0.05) is 0 Å². The second-order valence-corrected chi connectivity index (χ2v) is 10.2. The Hall–Kier alpha value is -1.32. The molecule has 0 heterocycles. The SMILES string of the molecule is C/C(=C\COCC(O)COc1ccccc1)CCC[C@H](C)CCC[C@H](C)CCCC(C)C. The molecule has 1 unspecified atom stereocenters. The molecule has 1 rings (SSSR count). The van der Waals surface area contributed by atoms with Gasteiger partial charge in [-0.1, -0.05) is 102 Å². The van der Waals surface area contributed by atoms with Crippen LogP contribution in [-0.2, 0) is 4.74 Å². The van der Waals surface area contributed by atoms with E-state index in [-0.39, 0.29) is 6.61 Å². The van der Waals surface area contributed by atoms with Gasteiger partial charge in [0.2, 0.25) is 0 Å². The molecule has 0 saturated carbocycles. The third-order valence-corrected chi connectivity index (χ3v) is 6.19. The van der Waals surface area contributed by atoms with Crippen LogP contribution in [-0.4, -0.2) is 31.0 Å². The van der Waals surface area contributed by atoms with Crippen LogP contribution in [0.2, 0.25) is 0 Å². The van der Waals surface area contributed by atoms with Gasteiger partial charge in [-0.05, 0) is 49.7 Å². The number of hydrogen-bond donors (Lipinski definition) is 1. The highest BCUT2D eigenvalue weighted by molar-refractivity contribution is 5.20. The molecule has 3 nitrogen and oxygen atoms in total. The summed E-state index contributed by atoms with van der Waals surface area (Å²) in [7, 11) is 0. The second-order valence-electron chi connectivity index (χ2n) is 10.2. The minimum atomic E-state index is -0.609. The lowest BCUT2D eigenvalue weighted by molar-refractivity contribution is 0.0212. The van der Waals surface area contributed by atoms with Gasteiger partial charge in [0.15, 0.2) is 0 Å². The van der Waals surface area contributed by atoms with Gasteiger partial charge in [0.1, 0.15) is 18.5 Å². The van der Waals surface area contributed by atoms with Crippen molar-refractivity contribution in [2.75, 3.05) is 19.8 Å². The van der Waals surface area contributed by atoms with Crippen molar-refractivity contribution in [2.24, 2.45) is 17.8 Å². The average molecular weight is 447 g/mol. The van der Waals surface area contributed by atoms with Crippen LogP contribution < -0.4 is 4.74 Å². The number of benzene rings is 1. The standard InChI is InChI=1S/C29H50O3/c1-24(2)12-9-13-25(3)14-10-15-26(4)16-11-17-27(5)20-21-31-22-28(30)23-32-29-18-7-6-8-19-29/h6-8,18-20,24-26,28,30H,9-17,21-23H2,1-5H3/b27-20+/t25-,26-,28?/m1/s1. The quantitative estimate of drug-likeness (QED) is 0.174. The summed E-state index contributed by atoms with van der Waals surface area (Å²) in [4.78, 5) is 0. The molecule has 0 fully saturated rings. The Bertz CT molecular complexity index is 581. The molecule has 1 N–H and O–H groups in total. The maximum Gasteiger partial charge on any atom is 0.119 e. The van der Waals surface area contributed by atoms with E-state index < -0.39 is 6.10 Å². The lowest BCUT2D eigenvalue weighted by Crippen LogP contribution is -2.23. The van der Waals surface area contributed by atoms with Gasteiger partial charge in [0.25, 0.3) is 0 Å². The first-order valence-corrected chi connectivity index (χ1v) is 13.0. The molecule has 3 heteroatoms. The zero-order valence-electron chi connectivity index (χ0n) is 21.5. The van der Waals surface area contributed by atoms with Gasteiger partial charge in [0.05, 0.1) is 13.2 Å². The van der Waals surface area contributed by atoms with Crippen LogP contribution >= 0.6 is 0 Å². The Morgan fingerprint density at radius 1 is 0.844 bits per heavy atom. The molecule has 0 spiro atoms. The maximum absolute atomic E-state index is 9.98. The Kier molecular flexibility index (Phi) is 16.3. The summed E-state index contributed by atoms with van der Waals surface area (Å²) in [6, 6.07) is 9.55. The lowest BCUT2D eigenvalue weighted by atomic mass is 9.91. The predicted molar refractivity (Wildman–Crippen MR) is 137 cm³/mol. The molecule has 0 aromatic heterocycles. The van der Waals surface area contributed by atoms with Crippen molar-refractivity contribution in [3.05, 3.63) is 42.0 Å². The molecule has 0 aliphatic carbocycles. The highest BCUT2D eigenvalue weighted by Gasteiger charge is 2.07. The van der Waals surface area contributed by atoms with E-state index in [1.165, 1.54) is 56.9 Å². The second kappa shape index (κ2) is 18.1. The van der Waals surface area contributed by atoms with Crippen LogP contribution in [0.1, 0.15) is 92.4 Å². The summed E-state index contributed by atoms with van der Waals surface area (Å²) in [6.07, 6.45) is 13.5. The van der Waals surface area contributed by atoms with Crippen molar-refractivity contribution in [1.82, 2.24) is 0 Å². The summed E-state index contributed by atoms with van der Waals surface area (Å²) in [5.41, 5.74) is 1.38. The minimum absolute atomic E-state index is 0.251. The molecule has 1 aromatic carbocycles. The van der Waals surface area contributed by atoms with Crippen LogP contribution in [0.3, 0.4) is 0 Å². The summed E-state index contributed by atoms with van der Waals surface area (Å²) in [5.74, 6) is 3.32. The van der Waals surface area contributed by atoms with Gasteiger partial charge in [-0.15, -0.1) is 0 Å². The number of hydrogen-bond acceptors (Lipinski definition) is 3. The molecule has 32 heavy (non-hydrogen) atoms. The van der Waals surface area contributed by atoms with Crippen LogP contribution in [0, 0.1) is 17.8 Å². The molecule has 0 bridgehead atoms. The van der Waals surface area contributed by atoms with E-state index in [9.17, 15) is 5.11 Å². The van der Waals surface area contributed by atoms with Crippen molar-refractivity contribution in [3.63, 3.8) is 0 Å². The number of aliphatic hydroxyl groups excluding tert-OH is 1. The highest BCUT2D eigenvalue weighted by atomic mass is 16.5. The summed E-state index contributed by atoms with van der Waals surface area (Å²) in [6.45, 7) is 12.8. The fraction of sp³-hybridized carbons (Fsp3) is 0.724. The Morgan fingerprint density at radius 2 is 1.44 bits per heavy atom. The van der Waals surface area contributed by atoms with Crippen LogP contribution in [0.15, 0.2) is 42.0 Å². The Morgan fingerprint density at radius 3 is 2.06 bits per heavy atom. The molecule has 0 radical (unpaired) electrons. The average Bonchev–Trinajstić information content (AvgIpc) is 2.76. The predicted octanol–water partition coefficient (Wildman–Crippen LogP) is 7.83. The van der Waals surface area contributed by atoms with Gasteiger partial charge in [-0.3, -0.25) is 0 Å². The van der Waals surface area contributed by atoms with Crippen molar-refractivity contribution >= 4 is 0 Å². The zero-order valence-corrected chi connectivity index (χ0v) is 21.5. The lowest BCUT2D eigenvalue weighted by Gasteiger charge is -2.15. The minimum Gasteiger partial charge on any atom is -0.491 e. The van der Waals surface area contributed by atoms with Crippen LogP contribution in [0.4, 0.5) is 0 Å². The third-order valence-electron chi connectivity index (χ3n) is 6.19. The third kappa shape index (κ3) is 16.3. The van der Waals surface area contributed by atoms with Gasteiger partial charge >= 0.3 is 0 Å². The molecule has 1 aromatic rings. The van der Waals surface area contributed by atoms with E-state index in [2.05, 4.69) is 40.7 Å². The van der Waals surface area contributed by atoms with Gasteiger partial charge in [-0.2, -0.15) is 0 Å². The van der Waals surface area contributed by atoms with E-state index in [1.807, 2.05) is 30.3 Å². The maximum atomic E-state index is 9.98. The molecular formula is C29H50O3. The molecule has 3 atom stereocenters. The summed E-state index contributed by atoms with van der Waals surface area (Å²) >= 11 is 0. The molecule has 0 amide bonds. The topological polar surface area (TPSA) is 38.7 Å². The molecule has 184 valence electrons. The molecule has 0 aliphatic heterocycles. The van der Waals surface area contributed by atoms with E-state index in [0.29, 0.717) is 13.2 Å². The molecule has 0 aliphatic rings. The van der Waals surface area contributed by atoms with Gasteiger partial charge in [-0.25, -0.2) is 0 Å².